The van der Waals surface area contributed by atoms with Gasteiger partial charge in [-0.05, 0) is 41.6 Å². The van der Waals surface area contributed by atoms with E-state index in [2.05, 4.69) is 73.0 Å². The Labute approximate surface area is 127 Å². The first-order chi connectivity index (χ1) is 10.3. The van der Waals surface area contributed by atoms with Gasteiger partial charge in [0, 0.05) is 12.2 Å². The van der Waals surface area contributed by atoms with Crippen LogP contribution in [0.2, 0.25) is 0 Å². The van der Waals surface area contributed by atoms with E-state index in [9.17, 15) is 0 Å². The largest absolute Gasteiger partial charge is 0.378 e. The molecule has 0 amide bonds. The van der Waals surface area contributed by atoms with E-state index in [0.717, 1.165) is 19.5 Å². The smallest absolute Gasteiger partial charge is 0.0529 e. The van der Waals surface area contributed by atoms with Crippen LogP contribution in [-0.4, -0.2) is 6.54 Å². The third-order valence-corrected chi connectivity index (χ3v) is 4.27. The molecule has 2 N–H and O–H groups in total. The van der Waals surface area contributed by atoms with Gasteiger partial charge in [0.15, 0.2) is 0 Å². The maximum Gasteiger partial charge on any atom is 0.0529 e. The van der Waals surface area contributed by atoms with Gasteiger partial charge < -0.3 is 10.6 Å². The van der Waals surface area contributed by atoms with Gasteiger partial charge in [-0.2, -0.15) is 0 Å². The predicted octanol–water partition coefficient (Wildman–Crippen LogP) is 4.46. The lowest BCUT2D eigenvalue weighted by molar-refractivity contribution is 0.636. The predicted molar refractivity (Wildman–Crippen MR) is 89.7 cm³/mol. The number of nitrogens with one attached hydrogen (secondary N) is 2. The van der Waals surface area contributed by atoms with Crippen molar-refractivity contribution in [2.75, 3.05) is 11.9 Å². The van der Waals surface area contributed by atoms with Crippen molar-refractivity contribution < 1.29 is 0 Å². The van der Waals surface area contributed by atoms with Crippen LogP contribution < -0.4 is 10.6 Å². The Morgan fingerprint density at radius 3 is 2.67 bits per heavy atom. The zero-order chi connectivity index (χ0) is 14.7. The molecule has 0 bridgehead atoms. The molecule has 0 saturated carbocycles. The first-order valence-electron chi connectivity index (χ1n) is 7.89. The highest BCUT2D eigenvalue weighted by Gasteiger charge is 2.19. The Hall–Kier alpha value is -1.80. The summed E-state index contributed by atoms with van der Waals surface area (Å²) in [7, 11) is 0. The molecule has 0 fully saturated rings. The summed E-state index contributed by atoms with van der Waals surface area (Å²) in [4.78, 5) is 0. The fourth-order valence-corrected chi connectivity index (χ4v) is 3.13. The second-order valence-electron chi connectivity index (χ2n) is 6.10. The van der Waals surface area contributed by atoms with E-state index in [0.29, 0.717) is 12.0 Å². The molecule has 2 aromatic carbocycles. The molecule has 0 spiro atoms. The van der Waals surface area contributed by atoms with Crippen LogP contribution in [0.1, 0.15) is 48.9 Å². The lowest BCUT2D eigenvalue weighted by Crippen LogP contribution is -2.16. The number of hydrogen-bond acceptors (Lipinski definition) is 2. The van der Waals surface area contributed by atoms with Gasteiger partial charge in [0.25, 0.3) is 0 Å². The molecule has 2 nitrogen and oxygen atoms in total. The average Bonchev–Trinajstić information content (AvgIpc) is 2.70. The summed E-state index contributed by atoms with van der Waals surface area (Å²) in [6.45, 7) is 6.53. The van der Waals surface area contributed by atoms with E-state index in [1.165, 1.54) is 22.4 Å². The Morgan fingerprint density at radius 1 is 1.05 bits per heavy atom. The van der Waals surface area contributed by atoms with Gasteiger partial charge in [-0.25, -0.2) is 0 Å². The fourth-order valence-electron chi connectivity index (χ4n) is 3.13. The maximum atomic E-state index is 3.79. The molecule has 1 aliphatic rings. The van der Waals surface area contributed by atoms with E-state index < -0.39 is 0 Å². The van der Waals surface area contributed by atoms with Gasteiger partial charge in [-0.15, -0.1) is 0 Å². The van der Waals surface area contributed by atoms with Crippen LogP contribution in [0.15, 0.2) is 48.5 Å². The Kier molecular flexibility index (Phi) is 4.26. The number of para-hydroxylation sites is 1. The van der Waals surface area contributed by atoms with Crippen molar-refractivity contribution in [3.63, 3.8) is 0 Å². The summed E-state index contributed by atoms with van der Waals surface area (Å²) >= 11 is 0. The summed E-state index contributed by atoms with van der Waals surface area (Å²) < 4.78 is 0. The average molecular weight is 280 g/mol. The van der Waals surface area contributed by atoms with Gasteiger partial charge in [0.1, 0.15) is 0 Å². The quantitative estimate of drug-likeness (QED) is 0.867. The topological polar surface area (TPSA) is 24.1 Å². The van der Waals surface area contributed by atoms with Crippen molar-refractivity contribution in [1.29, 1.82) is 0 Å². The van der Waals surface area contributed by atoms with E-state index >= 15 is 0 Å². The second kappa shape index (κ2) is 6.31. The maximum absolute atomic E-state index is 3.79. The van der Waals surface area contributed by atoms with Crippen molar-refractivity contribution in [2.45, 2.75) is 38.8 Å². The fraction of sp³-hybridized carbons (Fsp3) is 0.368. The summed E-state index contributed by atoms with van der Waals surface area (Å²) in [5, 5.41) is 7.30. The SMILES string of the molecule is CC(C)c1ccccc1NC1CCNCc2ccccc21. The molecule has 1 unspecified atom stereocenters. The van der Waals surface area contributed by atoms with Crippen LogP contribution >= 0.6 is 0 Å². The lowest BCUT2D eigenvalue weighted by Gasteiger charge is -2.23. The number of benzene rings is 2. The summed E-state index contributed by atoms with van der Waals surface area (Å²) in [5.74, 6) is 0.535. The van der Waals surface area contributed by atoms with Crippen LogP contribution in [0.3, 0.4) is 0 Å². The highest BCUT2D eigenvalue weighted by Crippen LogP contribution is 2.31. The number of hydrogen-bond donors (Lipinski definition) is 2. The van der Waals surface area contributed by atoms with E-state index in [-0.39, 0.29) is 0 Å². The van der Waals surface area contributed by atoms with Crippen molar-refractivity contribution in [2.24, 2.45) is 0 Å². The minimum atomic E-state index is 0.385. The van der Waals surface area contributed by atoms with E-state index in [1.807, 2.05) is 0 Å². The normalized spacial score (nSPS) is 18.1. The molecule has 1 atom stereocenters. The van der Waals surface area contributed by atoms with Crippen LogP contribution in [0, 0.1) is 0 Å². The molecule has 0 aromatic heterocycles. The molecular weight excluding hydrogens is 256 g/mol. The van der Waals surface area contributed by atoms with Crippen molar-refractivity contribution in [3.05, 3.63) is 65.2 Å². The monoisotopic (exact) mass is 280 g/mol. The van der Waals surface area contributed by atoms with Crippen LogP contribution in [0.4, 0.5) is 5.69 Å². The molecule has 0 aliphatic carbocycles. The van der Waals surface area contributed by atoms with Crippen molar-refractivity contribution in [1.82, 2.24) is 5.32 Å². The third kappa shape index (κ3) is 3.11. The molecule has 0 radical (unpaired) electrons. The highest BCUT2D eigenvalue weighted by atomic mass is 15.0. The van der Waals surface area contributed by atoms with Crippen molar-refractivity contribution in [3.8, 4) is 0 Å². The zero-order valence-electron chi connectivity index (χ0n) is 12.9. The molecule has 0 saturated heterocycles. The summed E-state index contributed by atoms with van der Waals surface area (Å²) in [5.41, 5.74) is 5.51. The van der Waals surface area contributed by atoms with Gasteiger partial charge in [0.2, 0.25) is 0 Å². The standard InChI is InChI=1S/C19H24N2/c1-14(2)16-8-5-6-10-18(16)21-19-11-12-20-13-15-7-3-4-9-17(15)19/h3-10,14,19-21H,11-13H2,1-2H3. The molecule has 1 heterocycles. The molecule has 21 heavy (non-hydrogen) atoms. The van der Waals surface area contributed by atoms with Crippen LogP contribution in [0.25, 0.3) is 0 Å². The summed E-state index contributed by atoms with van der Waals surface area (Å²) in [6.07, 6.45) is 1.11. The molecule has 110 valence electrons. The Balaban J connectivity index is 1.91. The minimum Gasteiger partial charge on any atom is -0.378 e. The van der Waals surface area contributed by atoms with Crippen molar-refractivity contribution >= 4 is 5.69 Å². The van der Waals surface area contributed by atoms with Crippen LogP contribution in [0.5, 0.6) is 0 Å². The zero-order valence-corrected chi connectivity index (χ0v) is 12.9. The second-order valence-corrected chi connectivity index (χ2v) is 6.10. The molecular formula is C19H24N2. The highest BCUT2D eigenvalue weighted by molar-refractivity contribution is 5.54. The van der Waals surface area contributed by atoms with Gasteiger partial charge >= 0.3 is 0 Å². The first-order valence-corrected chi connectivity index (χ1v) is 7.89. The lowest BCUT2D eigenvalue weighted by atomic mass is 9.96. The molecule has 2 aromatic rings. The van der Waals surface area contributed by atoms with Crippen LogP contribution in [-0.2, 0) is 6.54 Å². The van der Waals surface area contributed by atoms with Gasteiger partial charge in [-0.1, -0.05) is 56.3 Å². The van der Waals surface area contributed by atoms with Gasteiger partial charge in [0.05, 0.1) is 6.04 Å². The number of anilines is 1. The summed E-state index contributed by atoms with van der Waals surface area (Å²) in [6, 6.07) is 17.8. The molecule has 2 heteroatoms. The number of fused-ring (bicyclic) bond motifs is 1. The number of rotatable bonds is 3. The van der Waals surface area contributed by atoms with E-state index in [1.54, 1.807) is 0 Å². The Morgan fingerprint density at radius 2 is 1.81 bits per heavy atom. The minimum absolute atomic E-state index is 0.385. The first kappa shape index (κ1) is 14.2. The molecule has 3 rings (SSSR count). The molecule has 1 aliphatic heterocycles. The third-order valence-electron chi connectivity index (χ3n) is 4.27. The van der Waals surface area contributed by atoms with Gasteiger partial charge in [-0.3, -0.25) is 0 Å². The Bertz CT molecular complexity index is 604. The van der Waals surface area contributed by atoms with E-state index in [4.69, 9.17) is 0 Å².